The molecule has 8 heavy (non-hydrogen) atoms. The van der Waals surface area contributed by atoms with E-state index >= 15 is 0 Å². The third-order valence-electron chi connectivity index (χ3n) is 0. The summed E-state index contributed by atoms with van der Waals surface area (Å²) in [7, 11) is -1.03. The Bertz CT molecular complexity index is 31.7. The van der Waals surface area contributed by atoms with Crippen molar-refractivity contribution in [1.82, 2.24) is 0 Å². The molecule has 0 aromatic rings. The van der Waals surface area contributed by atoms with Crippen LogP contribution in [-0.2, 0) is 20.3 Å². The van der Waals surface area contributed by atoms with Gasteiger partial charge in [0.15, 0.2) is 0 Å². The molecule has 0 saturated heterocycles. The molecule has 0 saturated carbocycles. The molecule has 0 bridgehead atoms. The van der Waals surface area contributed by atoms with Gasteiger partial charge in [-0.3, -0.25) is 13.6 Å². The molecule has 0 heterocycles. The average Bonchev–Trinajstić information content (AvgIpc) is 1.75. The molecule has 0 fully saturated rings. The van der Waals surface area contributed by atoms with Gasteiger partial charge in [-0.1, -0.05) is 0 Å². The van der Waals surface area contributed by atoms with Crippen LogP contribution in [0.1, 0.15) is 0 Å². The van der Waals surface area contributed by atoms with Crippen LogP contribution >= 0.6 is 40.3 Å². The Morgan fingerprint density at radius 1 is 0.875 bits per heavy atom. The van der Waals surface area contributed by atoms with E-state index < -0.39 is 10.7 Å². The van der Waals surface area contributed by atoms with Crippen molar-refractivity contribution in [3.8, 4) is 0 Å². The third-order valence-corrected chi connectivity index (χ3v) is 0. The van der Waals surface area contributed by atoms with E-state index in [1.165, 1.54) is 0 Å². The van der Waals surface area contributed by atoms with Gasteiger partial charge in [0.1, 0.15) is 0 Å². The van der Waals surface area contributed by atoms with Crippen LogP contribution in [-0.4, -0.2) is 13.6 Å². The van der Waals surface area contributed by atoms with E-state index in [4.69, 9.17) is 9.59 Å². The maximum absolute atomic E-state index is 7.75. The van der Waals surface area contributed by atoms with Crippen molar-refractivity contribution < 1.29 is 20.3 Å². The first kappa shape index (κ1) is 16.2. The Balaban J connectivity index is -0.0000000542. The Kier molecular flexibility index (Phi) is 48.0. The Hall–Kier alpha value is 1.44. The van der Waals surface area contributed by atoms with Crippen molar-refractivity contribution in [2.24, 2.45) is 0 Å². The van der Waals surface area contributed by atoms with Crippen LogP contribution in [0, 0.1) is 0 Å². The smallest absolute Gasteiger partial charge is 0.282 e. The van der Waals surface area contributed by atoms with Gasteiger partial charge >= 0.3 is 51.0 Å². The molecule has 0 rings (SSSR count). The van der Waals surface area contributed by atoms with Crippen molar-refractivity contribution in [3.63, 3.8) is 0 Å². The molecule has 0 amide bonds. The van der Waals surface area contributed by atoms with E-state index in [9.17, 15) is 0 Å². The number of hydrogen-bond donors (Lipinski definition) is 0. The molecule has 6 heteroatoms. The molecule has 0 aliphatic carbocycles. The fourth-order valence-electron chi connectivity index (χ4n) is 0. The minimum absolute atomic E-state index is 1.03. The number of hydrogen-bond acceptors (Lipinski definition) is 2. The molecule has 0 radical (unpaired) electrons. The molecular weight excluding hydrogens is 482 g/mol. The number of carbonyl (C=O) groups excluding carboxylic acids is 2. The van der Waals surface area contributed by atoms with E-state index in [-0.39, 0.29) is 0 Å². The van der Waals surface area contributed by atoms with Gasteiger partial charge in [0.2, 0.25) is 0 Å². The van der Waals surface area contributed by atoms with Crippen molar-refractivity contribution in [1.29, 1.82) is 0 Å². The van der Waals surface area contributed by atoms with Gasteiger partial charge in [-0.25, -0.2) is 0 Å². The van der Waals surface area contributed by atoms with E-state index in [2.05, 4.69) is 53.9 Å². The van der Waals surface area contributed by atoms with Gasteiger partial charge in [0.25, 0.3) is 0 Å². The Morgan fingerprint density at radius 2 is 0.875 bits per heavy atom. The van der Waals surface area contributed by atoms with Gasteiger partial charge in [-0.2, -0.15) is 0 Å². The summed E-state index contributed by atoms with van der Waals surface area (Å²) in [6, 6.07) is 0. The van der Waals surface area contributed by atoms with Crippen molar-refractivity contribution in [3.05, 3.63) is 0 Å². The zero-order valence-electron chi connectivity index (χ0n) is 3.48. The minimum Gasteiger partial charge on any atom is -0.545 e. The quantitative estimate of drug-likeness (QED) is 0.390. The van der Waals surface area contributed by atoms with Crippen LogP contribution in [0.5, 0.6) is 0 Å². The normalized spacial score (nSPS) is 6.62. The summed E-state index contributed by atoms with van der Waals surface area (Å²) in [6.07, 6.45) is 0. The largest absolute Gasteiger partial charge is 0.545 e. The summed E-state index contributed by atoms with van der Waals surface area (Å²) in [5.41, 5.74) is 0. The molecule has 2 nitrogen and oxygen atoms in total. The van der Waals surface area contributed by atoms with Gasteiger partial charge < -0.3 is 9.59 Å². The fraction of sp³-hybridized carbons (Fsp3) is 0. The molecule has 0 unspecified atom stereocenters. The second-order valence-corrected chi connectivity index (χ2v) is 35.8. The second-order valence-electron chi connectivity index (χ2n) is 0.162. The summed E-state index contributed by atoms with van der Waals surface area (Å²) in [5, 5.41) is 0. The maximum Gasteiger partial charge on any atom is -0.282 e. The predicted molar refractivity (Wildman–Crippen MR) is 40.3 cm³/mol. The molecule has 0 N–H and O–H groups in total. The van der Waals surface area contributed by atoms with Crippen LogP contribution < -0.4 is 0 Å². The van der Waals surface area contributed by atoms with Crippen molar-refractivity contribution in [2.75, 3.05) is 0 Å². The van der Waals surface area contributed by atoms with E-state index in [1.807, 2.05) is 0 Å². The molecule has 0 aliphatic rings. The Morgan fingerprint density at radius 3 is 0.875 bits per heavy atom. The van der Waals surface area contributed by atoms with Crippen LogP contribution in [0.15, 0.2) is 0 Å². The fourth-order valence-corrected chi connectivity index (χ4v) is 0. The summed E-state index contributed by atoms with van der Waals surface area (Å²) in [5.74, 6) is 0. The Labute approximate surface area is 73.4 Å². The van der Waals surface area contributed by atoms with Gasteiger partial charge in [-0.15, -0.1) is 0 Å². The SMILES string of the molecule is [Br][Re]([Br])[Br].[CH-]=O.[CH-]=O. The topological polar surface area (TPSA) is 34.1 Å². The molecule has 0 atom stereocenters. The van der Waals surface area contributed by atoms with Crippen LogP contribution in [0.2, 0.25) is 0 Å². The summed E-state index contributed by atoms with van der Waals surface area (Å²) in [4.78, 5) is 15.5. The van der Waals surface area contributed by atoms with Crippen LogP contribution in [0.4, 0.5) is 0 Å². The minimum atomic E-state index is -1.03. The van der Waals surface area contributed by atoms with Gasteiger partial charge in [0, 0.05) is 0 Å². The zero-order valence-corrected chi connectivity index (χ0v) is 11.0. The van der Waals surface area contributed by atoms with Gasteiger partial charge in [0.05, 0.1) is 0 Å². The molecule has 0 spiro atoms. The van der Waals surface area contributed by atoms with Crippen LogP contribution in [0.25, 0.3) is 0 Å². The average molecular weight is 484 g/mol. The first-order valence-corrected chi connectivity index (χ1v) is 18.7. The first-order chi connectivity index (χ1) is 3.73. The third kappa shape index (κ3) is 148. The summed E-state index contributed by atoms with van der Waals surface area (Å²) < 4.78 is 0. The predicted octanol–water partition coefficient (Wildman–Crippen LogP) is 1.99. The molecule has 0 aromatic carbocycles. The standard InChI is InChI=1S/2CHO.3BrH.Re/c2*1-2;;;;/h2*1H;3*1H;/q2*-1;;;;+3/p-3. The molecule has 0 aliphatic heterocycles. The zero-order chi connectivity index (χ0) is 7.58. The van der Waals surface area contributed by atoms with Crippen molar-refractivity contribution >= 4 is 53.9 Å². The monoisotopic (exact) mass is 482 g/mol. The second kappa shape index (κ2) is 23.7. The van der Waals surface area contributed by atoms with E-state index in [0.717, 1.165) is 0 Å². The van der Waals surface area contributed by atoms with E-state index in [0.29, 0.717) is 0 Å². The number of rotatable bonds is 0. The molecular formula is C2H2Br3O2Re-2. The van der Waals surface area contributed by atoms with Crippen molar-refractivity contribution in [2.45, 2.75) is 0 Å². The summed E-state index contributed by atoms with van der Waals surface area (Å²) >= 11 is 9.87. The molecule has 52 valence electrons. The first-order valence-electron chi connectivity index (χ1n) is 0.900. The number of halogens is 3. The van der Waals surface area contributed by atoms with E-state index in [1.54, 1.807) is 0 Å². The molecule has 0 aromatic heterocycles. The van der Waals surface area contributed by atoms with Gasteiger partial charge in [-0.05, 0) is 0 Å². The maximum atomic E-state index is 7.75. The summed E-state index contributed by atoms with van der Waals surface area (Å²) in [6.45, 7) is 6.50. The van der Waals surface area contributed by atoms with Crippen LogP contribution in [0.3, 0.4) is 0 Å².